The number of benzene rings is 1. The molecule has 11 heteroatoms. The third-order valence-corrected chi connectivity index (χ3v) is 8.68. The highest BCUT2D eigenvalue weighted by Gasteiger charge is 2.35. The van der Waals surface area contributed by atoms with Gasteiger partial charge in [0.05, 0.1) is 0 Å². The number of rotatable bonds is 6. The number of ether oxygens (including phenoxy) is 1. The monoisotopic (exact) mass is 564 g/mol. The van der Waals surface area contributed by atoms with Crippen LogP contribution in [0.1, 0.15) is 53.1 Å². The molecule has 0 radical (unpaired) electrons. The lowest BCUT2D eigenvalue weighted by molar-refractivity contribution is -0.152. The molecule has 1 aliphatic carbocycles. The summed E-state index contributed by atoms with van der Waals surface area (Å²) in [7, 11) is 0. The van der Waals surface area contributed by atoms with Gasteiger partial charge in [0.2, 0.25) is 5.91 Å². The van der Waals surface area contributed by atoms with E-state index in [9.17, 15) is 19.2 Å². The Hall–Kier alpha value is -3.89. The maximum atomic E-state index is 13.6. The molecule has 1 aromatic carbocycles. The van der Waals surface area contributed by atoms with Crippen LogP contribution in [0.3, 0.4) is 0 Å². The van der Waals surface area contributed by atoms with Crippen molar-refractivity contribution in [2.45, 2.75) is 59.5 Å². The lowest BCUT2D eigenvalue weighted by Gasteiger charge is -2.39. The highest BCUT2D eigenvalue weighted by atomic mass is 16.5. The Balaban J connectivity index is 1.21. The molecule has 11 nitrogen and oxygen atoms in total. The molecule has 220 valence electrons. The summed E-state index contributed by atoms with van der Waals surface area (Å²) in [6.45, 7) is 11.2. The summed E-state index contributed by atoms with van der Waals surface area (Å²) in [4.78, 5) is 58.1. The molecule has 3 aliphatic rings. The minimum absolute atomic E-state index is 0.0235. The van der Waals surface area contributed by atoms with Crippen LogP contribution in [0.15, 0.2) is 18.2 Å². The van der Waals surface area contributed by atoms with Crippen molar-refractivity contribution in [3.63, 3.8) is 0 Å². The summed E-state index contributed by atoms with van der Waals surface area (Å²) >= 11 is 0. The van der Waals surface area contributed by atoms with Crippen molar-refractivity contribution in [1.29, 1.82) is 0 Å². The van der Waals surface area contributed by atoms with E-state index < -0.39 is 5.97 Å². The maximum Gasteiger partial charge on any atom is 0.303 e. The second-order valence-corrected chi connectivity index (χ2v) is 11.3. The second kappa shape index (κ2) is 11.9. The van der Waals surface area contributed by atoms with E-state index in [0.29, 0.717) is 38.4 Å². The van der Waals surface area contributed by atoms with Gasteiger partial charge in [0.15, 0.2) is 12.3 Å². The van der Waals surface area contributed by atoms with Crippen molar-refractivity contribution in [1.82, 2.24) is 24.5 Å². The van der Waals surface area contributed by atoms with Gasteiger partial charge < -0.3 is 24.3 Å². The minimum Gasteiger partial charge on any atom is -0.456 e. The van der Waals surface area contributed by atoms with E-state index in [-0.39, 0.29) is 36.9 Å². The lowest BCUT2D eigenvalue weighted by Crippen LogP contribution is -2.56. The average molecular weight is 565 g/mol. The van der Waals surface area contributed by atoms with Gasteiger partial charge in [0, 0.05) is 75.7 Å². The number of carbonyl (C=O) groups excluding carboxylic acids is 4. The third kappa shape index (κ3) is 5.94. The van der Waals surface area contributed by atoms with Gasteiger partial charge in [-0.1, -0.05) is 12.1 Å². The van der Waals surface area contributed by atoms with Crippen LogP contribution in [0.5, 0.6) is 0 Å². The zero-order valence-corrected chi connectivity index (χ0v) is 24.5. The summed E-state index contributed by atoms with van der Waals surface area (Å²) in [6, 6.07) is 6.13. The van der Waals surface area contributed by atoms with E-state index in [1.54, 1.807) is 14.5 Å². The number of esters is 1. The van der Waals surface area contributed by atoms with Gasteiger partial charge in [-0.3, -0.25) is 23.9 Å². The fourth-order valence-electron chi connectivity index (χ4n) is 6.22. The predicted octanol–water partition coefficient (Wildman–Crippen LogP) is 1.57. The zero-order chi connectivity index (χ0) is 29.3. The molecule has 0 spiro atoms. The summed E-state index contributed by atoms with van der Waals surface area (Å²) in [5.41, 5.74) is 6.14. The van der Waals surface area contributed by atoms with Gasteiger partial charge in [-0.15, -0.1) is 0 Å². The number of aromatic nitrogens is 2. The third-order valence-electron chi connectivity index (χ3n) is 8.68. The molecule has 3 amide bonds. The van der Waals surface area contributed by atoms with Crippen LogP contribution in [0.2, 0.25) is 0 Å². The summed E-state index contributed by atoms with van der Waals surface area (Å²) in [6.07, 6.45) is 2.51. The van der Waals surface area contributed by atoms with Crippen LogP contribution >= 0.6 is 0 Å². The molecule has 1 aromatic heterocycles. The quantitative estimate of drug-likeness (QED) is 0.490. The molecule has 2 fully saturated rings. The molecule has 0 bridgehead atoms. The standard InChI is InChI=1S/C30H40N6O5/c1-20-7-5-9-25(22(20)3)32-11-13-33(14-12-32)27(38)18-36-26-10-6-8-24(26)29(31-36)30(40)34-15-16-35(21(2)17-34)28(39)19-41-23(4)37/h5,7,9,21H,6,8,10-19H2,1-4H3/t21-/m1/s1. The number of hydrogen-bond acceptors (Lipinski definition) is 7. The smallest absolute Gasteiger partial charge is 0.303 e. The first-order chi connectivity index (χ1) is 19.6. The number of carbonyl (C=O) groups is 4. The molecule has 2 aromatic rings. The molecule has 0 N–H and O–H groups in total. The minimum atomic E-state index is -0.498. The Labute approximate surface area is 241 Å². The molecule has 0 unspecified atom stereocenters. The number of piperazine rings is 2. The molecule has 5 rings (SSSR count). The van der Waals surface area contributed by atoms with Crippen LogP contribution in [0.4, 0.5) is 5.69 Å². The van der Waals surface area contributed by atoms with Crippen LogP contribution in [0.25, 0.3) is 0 Å². The van der Waals surface area contributed by atoms with Gasteiger partial charge in [0.25, 0.3) is 11.8 Å². The summed E-state index contributed by atoms with van der Waals surface area (Å²) < 4.78 is 6.60. The van der Waals surface area contributed by atoms with Gasteiger partial charge in [-0.2, -0.15) is 5.10 Å². The number of hydrogen-bond donors (Lipinski definition) is 0. The fraction of sp³-hybridized carbons (Fsp3) is 0.567. The Morgan fingerprint density at radius 3 is 2.39 bits per heavy atom. The molecular formula is C30H40N6O5. The molecule has 41 heavy (non-hydrogen) atoms. The Morgan fingerprint density at radius 2 is 1.68 bits per heavy atom. The van der Waals surface area contributed by atoms with Crippen LogP contribution < -0.4 is 4.90 Å². The number of amides is 3. The first-order valence-corrected chi connectivity index (χ1v) is 14.5. The van der Waals surface area contributed by atoms with Crippen molar-refractivity contribution in [2.24, 2.45) is 0 Å². The fourth-order valence-corrected chi connectivity index (χ4v) is 6.22. The Kier molecular flexibility index (Phi) is 8.32. The number of aryl methyl sites for hydroxylation is 1. The SMILES string of the molecule is CC(=O)OCC(=O)N1CCN(C(=O)c2nn(CC(=O)N3CCN(c4cccc(C)c4C)CC3)c3c2CCC3)C[C@H]1C. The average Bonchev–Trinajstić information content (AvgIpc) is 3.57. The normalized spacial score (nSPS) is 18.9. The number of anilines is 1. The molecule has 2 aliphatic heterocycles. The number of nitrogens with zero attached hydrogens (tertiary/aromatic N) is 6. The van der Waals surface area contributed by atoms with Crippen LogP contribution in [-0.4, -0.2) is 107 Å². The van der Waals surface area contributed by atoms with Crippen molar-refractivity contribution in [3.8, 4) is 0 Å². The number of fused-ring (bicyclic) bond motifs is 1. The van der Waals surface area contributed by atoms with Crippen molar-refractivity contribution < 1.29 is 23.9 Å². The van der Waals surface area contributed by atoms with E-state index in [2.05, 4.69) is 42.0 Å². The van der Waals surface area contributed by atoms with E-state index in [1.165, 1.54) is 23.7 Å². The van der Waals surface area contributed by atoms with Gasteiger partial charge in [-0.25, -0.2) is 0 Å². The highest BCUT2D eigenvalue weighted by Crippen LogP contribution is 2.28. The predicted molar refractivity (Wildman–Crippen MR) is 153 cm³/mol. The first-order valence-electron chi connectivity index (χ1n) is 14.5. The molecule has 3 heterocycles. The zero-order valence-electron chi connectivity index (χ0n) is 24.5. The van der Waals surface area contributed by atoms with Gasteiger partial charge in [-0.05, 0) is 57.2 Å². The van der Waals surface area contributed by atoms with E-state index in [0.717, 1.165) is 43.6 Å². The highest BCUT2D eigenvalue weighted by molar-refractivity contribution is 5.94. The van der Waals surface area contributed by atoms with Crippen molar-refractivity contribution in [2.75, 3.05) is 57.3 Å². The molecule has 1 atom stereocenters. The molecular weight excluding hydrogens is 524 g/mol. The van der Waals surface area contributed by atoms with E-state index in [1.807, 2.05) is 11.8 Å². The maximum absolute atomic E-state index is 13.6. The van der Waals surface area contributed by atoms with Crippen LogP contribution in [-0.2, 0) is 38.5 Å². The second-order valence-electron chi connectivity index (χ2n) is 11.3. The first kappa shape index (κ1) is 28.6. The lowest BCUT2D eigenvalue weighted by atomic mass is 10.1. The van der Waals surface area contributed by atoms with Crippen molar-refractivity contribution >= 4 is 29.4 Å². The Morgan fingerprint density at radius 1 is 0.951 bits per heavy atom. The van der Waals surface area contributed by atoms with Gasteiger partial charge in [0.1, 0.15) is 6.54 Å². The topological polar surface area (TPSA) is 108 Å². The largest absolute Gasteiger partial charge is 0.456 e. The molecule has 2 saturated heterocycles. The van der Waals surface area contributed by atoms with E-state index >= 15 is 0 Å². The summed E-state index contributed by atoms with van der Waals surface area (Å²) in [5, 5.41) is 4.68. The van der Waals surface area contributed by atoms with E-state index in [4.69, 9.17) is 4.74 Å². The summed E-state index contributed by atoms with van der Waals surface area (Å²) in [5.74, 6) is -0.897. The van der Waals surface area contributed by atoms with Gasteiger partial charge >= 0.3 is 5.97 Å². The van der Waals surface area contributed by atoms with Crippen molar-refractivity contribution in [3.05, 3.63) is 46.3 Å². The molecule has 0 saturated carbocycles. The van der Waals surface area contributed by atoms with Crippen LogP contribution in [0, 0.1) is 13.8 Å². The Bertz CT molecular complexity index is 1350.